The first-order valence-electron chi connectivity index (χ1n) is 10.4. The molecule has 2 rings (SSSR count). The van der Waals surface area contributed by atoms with E-state index >= 15 is 0 Å². The summed E-state index contributed by atoms with van der Waals surface area (Å²) >= 11 is 1.77. The molecule has 2 heterocycles. The van der Waals surface area contributed by atoms with Crippen molar-refractivity contribution in [3.63, 3.8) is 0 Å². The number of ether oxygens (including phenoxy) is 1. The van der Waals surface area contributed by atoms with Crippen LogP contribution in [0.1, 0.15) is 43.5 Å². The summed E-state index contributed by atoms with van der Waals surface area (Å²) in [6.07, 6.45) is 5.27. The van der Waals surface area contributed by atoms with Crippen LogP contribution in [0.2, 0.25) is 0 Å². The molecule has 0 aromatic carbocycles. The molecule has 0 bridgehead atoms. The molecule has 162 valence electrons. The van der Waals surface area contributed by atoms with Gasteiger partial charge in [0.2, 0.25) is 0 Å². The highest BCUT2D eigenvalue weighted by Gasteiger charge is 2.26. The van der Waals surface area contributed by atoms with E-state index in [-0.39, 0.29) is 24.0 Å². The number of hydrogen-bond acceptors (Lipinski definition) is 5. The molecule has 0 spiro atoms. The van der Waals surface area contributed by atoms with Gasteiger partial charge in [0.1, 0.15) is 0 Å². The van der Waals surface area contributed by atoms with E-state index in [9.17, 15) is 0 Å². The summed E-state index contributed by atoms with van der Waals surface area (Å²) in [5.74, 6) is 1.59. The smallest absolute Gasteiger partial charge is 0.191 e. The van der Waals surface area contributed by atoms with E-state index < -0.39 is 0 Å². The molecule has 1 unspecified atom stereocenters. The van der Waals surface area contributed by atoms with Gasteiger partial charge in [-0.2, -0.15) is 0 Å². The van der Waals surface area contributed by atoms with Gasteiger partial charge < -0.3 is 15.4 Å². The fourth-order valence-electron chi connectivity index (χ4n) is 3.64. The summed E-state index contributed by atoms with van der Waals surface area (Å²) < 4.78 is 5.55. The number of aryl methyl sites for hydroxylation is 1. The molecule has 0 saturated carbocycles. The van der Waals surface area contributed by atoms with E-state index in [1.165, 1.54) is 22.7 Å². The Bertz CT molecular complexity index is 559. The number of nitrogens with one attached hydrogen (secondary N) is 2. The fraction of sp³-hybridized carbons (Fsp3) is 0.800. The third kappa shape index (κ3) is 8.51. The minimum Gasteiger partial charge on any atom is -0.379 e. The molecule has 2 N–H and O–H groups in total. The number of guanidine groups is 1. The van der Waals surface area contributed by atoms with Gasteiger partial charge in [0, 0.05) is 49.7 Å². The third-order valence-electron chi connectivity index (χ3n) is 5.19. The number of nitrogens with zero attached hydrogens (tertiary/aromatic N) is 3. The molecule has 1 saturated heterocycles. The Morgan fingerprint density at radius 3 is 2.54 bits per heavy atom. The molecular weight excluding hydrogens is 485 g/mol. The van der Waals surface area contributed by atoms with E-state index in [0.29, 0.717) is 12.0 Å². The SMILES string of the molecule is CCNC(=NCC(C(CC)CC)N1CCOCC1)NCCc1ncc(C)s1.I. The first-order chi connectivity index (χ1) is 13.2. The topological polar surface area (TPSA) is 61.8 Å². The van der Waals surface area contributed by atoms with Crippen LogP contribution in [0.4, 0.5) is 0 Å². The predicted octanol–water partition coefficient (Wildman–Crippen LogP) is 3.30. The molecular formula is C20H38IN5OS. The first kappa shape index (κ1) is 25.6. The average Bonchev–Trinajstić information content (AvgIpc) is 3.10. The highest BCUT2D eigenvalue weighted by Crippen LogP contribution is 2.20. The zero-order chi connectivity index (χ0) is 19.5. The first-order valence-corrected chi connectivity index (χ1v) is 11.2. The molecule has 1 atom stereocenters. The van der Waals surface area contributed by atoms with E-state index in [1.807, 2.05) is 6.20 Å². The summed E-state index contributed by atoms with van der Waals surface area (Å²) in [7, 11) is 0. The number of aliphatic imine (C=N–C) groups is 1. The van der Waals surface area contributed by atoms with Crippen molar-refractivity contribution in [3.8, 4) is 0 Å². The molecule has 28 heavy (non-hydrogen) atoms. The Labute approximate surface area is 192 Å². The third-order valence-corrected chi connectivity index (χ3v) is 6.16. The largest absolute Gasteiger partial charge is 0.379 e. The molecule has 1 fully saturated rings. The molecule has 8 heteroatoms. The van der Waals surface area contributed by atoms with Crippen LogP contribution in [0.15, 0.2) is 11.2 Å². The lowest BCUT2D eigenvalue weighted by atomic mass is 9.92. The number of aromatic nitrogens is 1. The predicted molar refractivity (Wildman–Crippen MR) is 130 cm³/mol. The van der Waals surface area contributed by atoms with Gasteiger partial charge in [0.05, 0.1) is 24.8 Å². The van der Waals surface area contributed by atoms with Gasteiger partial charge in [-0.3, -0.25) is 9.89 Å². The Kier molecular flexibility index (Phi) is 13.3. The fourth-order valence-corrected chi connectivity index (χ4v) is 4.42. The van der Waals surface area contributed by atoms with Gasteiger partial charge in [0.25, 0.3) is 0 Å². The van der Waals surface area contributed by atoms with Crippen LogP contribution in [-0.4, -0.2) is 67.8 Å². The summed E-state index contributed by atoms with van der Waals surface area (Å²) in [5.41, 5.74) is 0. The number of hydrogen-bond donors (Lipinski definition) is 2. The Morgan fingerprint density at radius 2 is 1.96 bits per heavy atom. The highest BCUT2D eigenvalue weighted by molar-refractivity contribution is 14.0. The van der Waals surface area contributed by atoms with Crippen molar-refractivity contribution in [2.45, 2.75) is 53.0 Å². The average molecular weight is 524 g/mol. The molecule has 0 amide bonds. The van der Waals surface area contributed by atoms with Crippen LogP contribution in [0.25, 0.3) is 0 Å². The number of thiazole rings is 1. The zero-order valence-corrected chi connectivity index (χ0v) is 21.0. The van der Waals surface area contributed by atoms with Gasteiger partial charge in [-0.05, 0) is 19.8 Å². The number of halogens is 1. The lowest BCUT2D eigenvalue weighted by Crippen LogP contribution is -2.49. The van der Waals surface area contributed by atoms with Crippen LogP contribution in [0.3, 0.4) is 0 Å². The quantitative estimate of drug-likeness (QED) is 0.280. The van der Waals surface area contributed by atoms with Crippen molar-refractivity contribution >= 4 is 41.3 Å². The molecule has 0 radical (unpaired) electrons. The summed E-state index contributed by atoms with van der Waals surface area (Å²) in [6, 6.07) is 0.487. The second-order valence-electron chi connectivity index (χ2n) is 7.05. The van der Waals surface area contributed by atoms with Gasteiger partial charge in [-0.15, -0.1) is 35.3 Å². The molecule has 0 aliphatic carbocycles. The van der Waals surface area contributed by atoms with Crippen molar-refractivity contribution in [1.29, 1.82) is 0 Å². The van der Waals surface area contributed by atoms with Crippen LogP contribution < -0.4 is 10.6 Å². The molecule has 1 aliphatic heterocycles. The maximum Gasteiger partial charge on any atom is 0.191 e. The lowest BCUT2D eigenvalue weighted by molar-refractivity contribution is 0.00395. The van der Waals surface area contributed by atoms with E-state index in [0.717, 1.165) is 58.3 Å². The maximum atomic E-state index is 5.55. The van der Waals surface area contributed by atoms with E-state index in [4.69, 9.17) is 9.73 Å². The summed E-state index contributed by atoms with van der Waals surface area (Å²) in [4.78, 5) is 13.2. The number of morpholine rings is 1. The van der Waals surface area contributed by atoms with Gasteiger partial charge >= 0.3 is 0 Å². The lowest BCUT2D eigenvalue weighted by Gasteiger charge is -2.38. The Hall–Kier alpha value is -0.450. The van der Waals surface area contributed by atoms with Crippen molar-refractivity contribution in [1.82, 2.24) is 20.5 Å². The Morgan fingerprint density at radius 1 is 1.25 bits per heavy atom. The van der Waals surface area contributed by atoms with Crippen molar-refractivity contribution in [3.05, 3.63) is 16.1 Å². The minimum absolute atomic E-state index is 0. The van der Waals surface area contributed by atoms with Crippen LogP contribution in [0.5, 0.6) is 0 Å². The van der Waals surface area contributed by atoms with Gasteiger partial charge in [0.15, 0.2) is 5.96 Å². The van der Waals surface area contributed by atoms with Crippen LogP contribution in [0, 0.1) is 12.8 Å². The van der Waals surface area contributed by atoms with E-state index in [2.05, 4.69) is 48.2 Å². The molecule has 1 aromatic heterocycles. The summed E-state index contributed by atoms with van der Waals surface area (Å²) in [5, 5.41) is 8.04. The zero-order valence-electron chi connectivity index (χ0n) is 17.9. The van der Waals surface area contributed by atoms with Gasteiger partial charge in [-0.25, -0.2) is 4.98 Å². The summed E-state index contributed by atoms with van der Waals surface area (Å²) in [6.45, 7) is 15.1. The molecule has 6 nitrogen and oxygen atoms in total. The van der Waals surface area contributed by atoms with Crippen molar-refractivity contribution < 1.29 is 4.74 Å². The second kappa shape index (κ2) is 14.5. The standard InChI is InChI=1S/C20H37N5OS.HI/c1-5-17(6-2)18(25-10-12-26-13-11-25)15-24-20(21-7-3)22-9-8-19-23-14-16(4)27-19;/h14,17-18H,5-13,15H2,1-4H3,(H2,21,22,24);1H. The van der Waals surface area contributed by atoms with Crippen LogP contribution in [-0.2, 0) is 11.2 Å². The minimum atomic E-state index is 0. The monoisotopic (exact) mass is 523 g/mol. The maximum absolute atomic E-state index is 5.55. The van der Waals surface area contributed by atoms with Gasteiger partial charge in [-0.1, -0.05) is 26.7 Å². The van der Waals surface area contributed by atoms with Crippen molar-refractivity contribution in [2.75, 3.05) is 45.9 Å². The second-order valence-corrected chi connectivity index (χ2v) is 8.37. The molecule has 1 aliphatic rings. The molecule has 1 aromatic rings. The highest BCUT2D eigenvalue weighted by atomic mass is 127. The van der Waals surface area contributed by atoms with E-state index in [1.54, 1.807) is 11.3 Å². The normalized spacial score (nSPS) is 16.7. The van der Waals surface area contributed by atoms with Crippen LogP contribution >= 0.6 is 35.3 Å². The van der Waals surface area contributed by atoms with Crippen molar-refractivity contribution in [2.24, 2.45) is 10.9 Å². The number of rotatable bonds is 10. The Balaban J connectivity index is 0.00000392.